The maximum atomic E-state index is 5.89. The molecule has 0 aliphatic carbocycles. The van der Waals surface area contributed by atoms with E-state index in [2.05, 4.69) is 27.7 Å². The zero-order valence-corrected chi connectivity index (χ0v) is 13.6. The lowest BCUT2D eigenvalue weighted by Gasteiger charge is -1.99. The van der Waals surface area contributed by atoms with Gasteiger partial charge in [0.15, 0.2) is 0 Å². The highest BCUT2D eigenvalue weighted by molar-refractivity contribution is 6.30. The van der Waals surface area contributed by atoms with Crippen molar-refractivity contribution in [1.82, 2.24) is 20.2 Å². The summed E-state index contributed by atoms with van der Waals surface area (Å²) in [6.07, 6.45) is 2.14. The molecule has 23 heavy (non-hydrogen) atoms. The lowest BCUT2D eigenvalue weighted by molar-refractivity contribution is 0.496. The molecule has 2 aromatic heterocycles. The van der Waals surface area contributed by atoms with Gasteiger partial charge in [0.25, 0.3) is 5.95 Å². The number of nitrogens with one attached hydrogen (secondary N) is 1. The van der Waals surface area contributed by atoms with Crippen molar-refractivity contribution < 1.29 is 4.42 Å². The van der Waals surface area contributed by atoms with Crippen LogP contribution in [0.3, 0.4) is 0 Å². The molecule has 0 saturated carbocycles. The maximum absolute atomic E-state index is 5.89. The number of benzene rings is 1. The Labute approximate surface area is 139 Å². The van der Waals surface area contributed by atoms with Crippen molar-refractivity contribution in [3.05, 3.63) is 47.2 Å². The van der Waals surface area contributed by atoms with Crippen LogP contribution in [-0.2, 0) is 13.1 Å². The molecule has 6 nitrogen and oxygen atoms in total. The molecule has 0 unspecified atom stereocenters. The first kappa shape index (κ1) is 15.6. The third-order valence-corrected chi connectivity index (χ3v) is 3.63. The summed E-state index contributed by atoms with van der Waals surface area (Å²) in [5.41, 5.74) is 0.990. The Balaban J connectivity index is 1.58. The summed E-state index contributed by atoms with van der Waals surface area (Å²) < 4.78 is 5.81. The number of unbranched alkanes of at least 4 members (excludes halogenated alkanes) is 1. The number of aryl methyl sites for hydroxylation is 1. The molecular formula is C16H18ClN5O. The minimum atomic E-state index is 0.505. The number of tetrazole rings is 1. The lowest BCUT2D eigenvalue weighted by Crippen LogP contribution is -2.03. The fourth-order valence-electron chi connectivity index (χ4n) is 2.12. The largest absolute Gasteiger partial charge is 0.459 e. The highest BCUT2D eigenvalue weighted by atomic mass is 35.5. The molecule has 0 amide bonds. The summed E-state index contributed by atoms with van der Waals surface area (Å²) in [6, 6.07) is 11.4. The molecule has 2 heterocycles. The van der Waals surface area contributed by atoms with E-state index in [4.69, 9.17) is 16.0 Å². The Bertz CT molecular complexity index is 750. The Kier molecular flexibility index (Phi) is 4.92. The summed E-state index contributed by atoms with van der Waals surface area (Å²) in [4.78, 5) is 1.60. The fourth-order valence-corrected chi connectivity index (χ4v) is 2.24. The average Bonchev–Trinajstić information content (AvgIpc) is 3.21. The van der Waals surface area contributed by atoms with E-state index in [-0.39, 0.29) is 0 Å². The molecule has 0 aliphatic heterocycles. The molecule has 120 valence electrons. The first-order valence-corrected chi connectivity index (χ1v) is 7.98. The highest BCUT2D eigenvalue weighted by Gasteiger charge is 2.07. The van der Waals surface area contributed by atoms with Gasteiger partial charge in [-0.15, -0.1) is 5.10 Å². The number of hydrogen-bond acceptors (Lipinski definition) is 5. The summed E-state index contributed by atoms with van der Waals surface area (Å²) in [6.45, 7) is 3.42. The second-order valence-electron chi connectivity index (χ2n) is 5.19. The van der Waals surface area contributed by atoms with E-state index in [9.17, 15) is 0 Å². The predicted octanol–water partition coefficient (Wildman–Crippen LogP) is 4.00. The van der Waals surface area contributed by atoms with Gasteiger partial charge < -0.3 is 9.73 Å². The molecule has 0 spiro atoms. The van der Waals surface area contributed by atoms with Crippen LogP contribution in [0.5, 0.6) is 0 Å². The zero-order chi connectivity index (χ0) is 16.1. The summed E-state index contributed by atoms with van der Waals surface area (Å²) >= 11 is 5.89. The van der Waals surface area contributed by atoms with E-state index in [1.54, 1.807) is 4.80 Å². The van der Waals surface area contributed by atoms with E-state index < -0.39 is 0 Å². The normalized spacial score (nSPS) is 10.9. The van der Waals surface area contributed by atoms with E-state index >= 15 is 0 Å². The Morgan fingerprint density at radius 2 is 2.00 bits per heavy atom. The van der Waals surface area contributed by atoms with Crippen molar-refractivity contribution in [1.29, 1.82) is 0 Å². The zero-order valence-electron chi connectivity index (χ0n) is 12.9. The van der Waals surface area contributed by atoms with Crippen molar-refractivity contribution in [3.63, 3.8) is 0 Å². The maximum Gasteiger partial charge on any atom is 0.263 e. The van der Waals surface area contributed by atoms with Crippen LogP contribution < -0.4 is 5.32 Å². The first-order valence-electron chi connectivity index (χ1n) is 7.61. The number of rotatable bonds is 7. The number of nitrogens with zero attached hydrogens (tertiary/aromatic N) is 4. The number of halogens is 1. The molecule has 0 fully saturated rings. The highest BCUT2D eigenvalue weighted by Crippen LogP contribution is 2.24. The van der Waals surface area contributed by atoms with Crippen LogP contribution in [0.15, 0.2) is 40.8 Å². The monoisotopic (exact) mass is 331 g/mol. The second-order valence-corrected chi connectivity index (χ2v) is 5.63. The van der Waals surface area contributed by atoms with Crippen molar-refractivity contribution >= 4 is 17.5 Å². The fraction of sp³-hybridized carbons (Fsp3) is 0.312. The van der Waals surface area contributed by atoms with Gasteiger partial charge in [-0.2, -0.15) is 4.80 Å². The molecule has 7 heteroatoms. The SMILES string of the molecule is CCCCn1nnc(NCc2ccc(-c3ccc(Cl)cc3)o2)n1. The minimum absolute atomic E-state index is 0.505. The molecule has 3 rings (SSSR count). The molecule has 0 saturated heterocycles. The summed E-state index contributed by atoms with van der Waals surface area (Å²) in [5.74, 6) is 2.11. The van der Waals surface area contributed by atoms with Crippen LogP contribution in [0.1, 0.15) is 25.5 Å². The smallest absolute Gasteiger partial charge is 0.263 e. The van der Waals surface area contributed by atoms with E-state index in [1.165, 1.54) is 0 Å². The predicted molar refractivity (Wildman–Crippen MR) is 89.2 cm³/mol. The molecule has 1 aromatic carbocycles. The van der Waals surface area contributed by atoms with Crippen LogP contribution in [0.25, 0.3) is 11.3 Å². The minimum Gasteiger partial charge on any atom is -0.459 e. The van der Waals surface area contributed by atoms with E-state index in [0.29, 0.717) is 17.5 Å². The van der Waals surface area contributed by atoms with Gasteiger partial charge >= 0.3 is 0 Å². The van der Waals surface area contributed by atoms with E-state index in [0.717, 1.165) is 36.5 Å². The third-order valence-electron chi connectivity index (χ3n) is 3.38. The van der Waals surface area contributed by atoms with Gasteiger partial charge in [-0.3, -0.25) is 0 Å². The van der Waals surface area contributed by atoms with Gasteiger partial charge in [0.2, 0.25) is 0 Å². The van der Waals surface area contributed by atoms with Gasteiger partial charge in [0.05, 0.1) is 13.1 Å². The van der Waals surface area contributed by atoms with Crippen molar-refractivity contribution in [3.8, 4) is 11.3 Å². The summed E-state index contributed by atoms with van der Waals surface area (Å²) in [7, 11) is 0. The van der Waals surface area contributed by atoms with Crippen molar-refractivity contribution in [2.75, 3.05) is 5.32 Å². The Morgan fingerprint density at radius 1 is 1.17 bits per heavy atom. The Morgan fingerprint density at radius 3 is 2.78 bits per heavy atom. The Hall–Kier alpha value is -2.34. The molecular weight excluding hydrogens is 314 g/mol. The first-order chi connectivity index (χ1) is 11.2. The van der Waals surface area contributed by atoms with Crippen LogP contribution in [-0.4, -0.2) is 20.2 Å². The molecule has 0 aliphatic rings. The lowest BCUT2D eigenvalue weighted by atomic mass is 10.2. The quantitative estimate of drug-likeness (QED) is 0.708. The van der Waals surface area contributed by atoms with Gasteiger partial charge in [-0.1, -0.05) is 30.0 Å². The topological polar surface area (TPSA) is 68.8 Å². The van der Waals surface area contributed by atoms with Crippen molar-refractivity contribution in [2.24, 2.45) is 0 Å². The molecule has 1 N–H and O–H groups in total. The molecule has 0 atom stereocenters. The molecule has 0 radical (unpaired) electrons. The molecule has 0 bridgehead atoms. The number of hydrogen-bond donors (Lipinski definition) is 1. The number of furan rings is 1. The van der Waals surface area contributed by atoms with Crippen LogP contribution in [0.4, 0.5) is 5.95 Å². The third kappa shape index (κ3) is 4.10. The van der Waals surface area contributed by atoms with Crippen LogP contribution in [0, 0.1) is 0 Å². The average molecular weight is 332 g/mol. The van der Waals surface area contributed by atoms with Gasteiger partial charge in [-0.25, -0.2) is 0 Å². The van der Waals surface area contributed by atoms with Gasteiger partial charge in [0.1, 0.15) is 11.5 Å². The standard InChI is InChI=1S/C16H18ClN5O/c1-2-3-10-22-20-16(19-21-22)18-11-14-8-9-15(23-14)12-4-6-13(17)7-5-12/h4-9H,2-3,10-11H2,1H3,(H,18,20). The number of anilines is 1. The number of aromatic nitrogens is 4. The van der Waals surface area contributed by atoms with Gasteiger partial charge in [0, 0.05) is 10.6 Å². The van der Waals surface area contributed by atoms with Crippen LogP contribution in [0.2, 0.25) is 5.02 Å². The summed E-state index contributed by atoms with van der Waals surface area (Å²) in [5, 5.41) is 16.1. The van der Waals surface area contributed by atoms with Crippen molar-refractivity contribution in [2.45, 2.75) is 32.9 Å². The van der Waals surface area contributed by atoms with E-state index in [1.807, 2.05) is 36.4 Å². The van der Waals surface area contributed by atoms with Gasteiger partial charge in [-0.05, 0) is 48.0 Å². The molecule has 3 aromatic rings. The second kappa shape index (κ2) is 7.28. The van der Waals surface area contributed by atoms with Crippen LogP contribution >= 0.6 is 11.6 Å².